The van der Waals surface area contributed by atoms with Gasteiger partial charge in [-0.25, -0.2) is 12.8 Å². The van der Waals surface area contributed by atoms with Crippen LogP contribution in [0.4, 0.5) is 10.1 Å². The number of hydrogen-bond acceptors (Lipinski definition) is 4. The molecule has 0 aliphatic heterocycles. The van der Waals surface area contributed by atoms with E-state index in [4.69, 9.17) is 0 Å². The third-order valence-electron chi connectivity index (χ3n) is 3.99. The number of phenolic OH excluding ortho intramolecular Hbond substituents is 1. The molecule has 0 aromatic heterocycles. The van der Waals surface area contributed by atoms with Gasteiger partial charge in [-0.1, -0.05) is 19.9 Å². The Hall–Kier alpha value is -2.45. The molecule has 0 atom stereocenters. The van der Waals surface area contributed by atoms with Crippen molar-refractivity contribution in [3.8, 4) is 5.75 Å². The minimum atomic E-state index is -3.74. The molecule has 0 radical (unpaired) electrons. The predicted octanol–water partition coefficient (Wildman–Crippen LogP) is 3.12. The van der Waals surface area contributed by atoms with Gasteiger partial charge in [0.05, 0.1) is 10.6 Å². The number of benzene rings is 2. The van der Waals surface area contributed by atoms with Gasteiger partial charge in [0, 0.05) is 18.7 Å². The Labute approximate surface area is 152 Å². The number of hydrogen-bond donors (Lipinski definition) is 2. The number of nitrogens with one attached hydrogen (secondary N) is 1. The highest BCUT2D eigenvalue weighted by atomic mass is 32.2. The summed E-state index contributed by atoms with van der Waals surface area (Å²) in [5.74, 6) is -1.47. The maximum Gasteiger partial charge on any atom is 0.255 e. The number of halogens is 1. The molecular weight excluding hydrogens is 359 g/mol. The van der Waals surface area contributed by atoms with Crippen LogP contribution in [0.5, 0.6) is 5.75 Å². The molecule has 0 spiro atoms. The fourth-order valence-corrected chi connectivity index (χ4v) is 3.90. The Morgan fingerprint density at radius 1 is 1.15 bits per heavy atom. The lowest BCUT2D eigenvalue weighted by atomic mass is 10.1. The van der Waals surface area contributed by atoms with E-state index in [0.29, 0.717) is 18.7 Å². The molecule has 0 heterocycles. The molecule has 0 bridgehead atoms. The zero-order chi connectivity index (χ0) is 19.5. The molecule has 0 unspecified atom stereocenters. The first-order valence-electron chi connectivity index (χ1n) is 8.11. The molecule has 140 valence electrons. The summed E-state index contributed by atoms with van der Waals surface area (Å²) in [6.45, 7) is 5.60. The second-order valence-electron chi connectivity index (χ2n) is 5.69. The number of anilines is 1. The van der Waals surface area contributed by atoms with Crippen LogP contribution in [0.2, 0.25) is 0 Å². The van der Waals surface area contributed by atoms with Gasteiger partial charge in [0.2, 0.25) is 10.0 Å². The monoisotopic (exact) mass is 380 g/mol. The van der Waals surface area contributed by atoms with Crippen molar-refractivity contribution < 1.29 is 22.7 Å². The van der Waals surface area contributed by atoms with Crippen LogP contribution in [0.3, 0.4) is 0 Å². The van der Waals surface area contributed by atoms with Crippen LogP contribution < -0.4 is 5.32 Å². The minimum Gasteiger partial charge on any atom is -0.506 e. The predicted molar refractivity (Wildman–Crippen MR) is 97.3 cm³/mol. The summed E-state index contributed by atoms with van der Waals surface area (Å²) in [4.78, 5) is 12.2. The van der Waals surface area contributed by atoms with Crippen molar-refractivity contribution in [2.75, 3.05) is 18.4 Å². The summed E-state index contributed by atoms with van der Waals surface area (Å²) in [6.07, 6.45) is 0. The van der Waals surface area contributed by atoms with Gasteiger partial charge < -0.3 is 10.4 Å². The zero-order valence-electron chi connectivity index (χ0n) is 14.8. The highest BCUT2D eigenvalue weighted by Crippen LogP contribution is 2.28. The molecule has 1 amide bonds. The summed E-state index contributed by atoms with van der Waals surface area (Å²) in [5, 5.41) is 12.4. The van der Waals surface area contributed by atoms with Crippen LogP contribution in [-0.2, 0) is 10.0 Å². The third-order valence-corrected chi connectivity index (χ3v) is 6.04. The van der Waals surface area contributed by atoms with Crippen LogP contribution >= 0.6 is 0 Å². The van der Waals surface area contributed by atoms with Crippen molar-refractivity contribution in [2.24, 2.45) is 0 Å². The molecule has 0 aliphatic carbocycles. The lowest BCUT2D eigenvalue weighted by Crippen LogP contribution is -2.30. The van der Waals surface area contributed by atoms with Crippen LogP contribution in [0, 0.1) is 12.7 Å². The third kappa shape index (κ3) is 4.03. The molecule has 26 heavy (non-hydrogen) atoms. The van der Waals surface area contributed by atoms with Gasteiger partial charge in [0.15, 0.2) is 0 Å². The molecule has 0 aliphatic rings. The molecule has 0 saturated carbocycles. The second kappa shape index (κ2) is 7.84. The smallest absolute Gasteiger partial charge is 0.255 e. The number of aryl methyl sites for hydroxylation is 1. The maximum absolute atomic E-state index is 13.6. The molecule has 0 fully saturated rings. The van der Waals surface area contributed by atoms with Gasteiger partial charge in [-0.05, 0) is 42.8 Å². The fourth-order valence-electron chi connectivity index (χ4n) is 2.42. The van der Waals surface area contributed by atoms with Crippen LogP contribution in [-0.4, -0.2) is 36.8 Å². The number of phenols is 1. The zero-order valence-corrected chi connectivity index (χ0v) is 15.6. The second-order valence-corrected chi connectivity index (χ2v) is 7.62. The Bertz CT molecular complexity index is 925. The first-order valence-corrected chi connectivity index (χ1v) is 9.55. The summed E-state index contributed by atoms with van der Waals surface area (Å²) >= 11 is 0. The lowest BCUT2D eigenvalue weighted by Gasteiger charge is -2.19. The standard InChI is InChI=1S/C18H21FN2O4S/c1-4-21(5-2)26(24,25)14-8-9-17(22)16(11-14)20-18(23)13-7-6-12(3)15(19)10-13/h6-11,22H,4-5H2,1-3H3,(H,20,23). The number of aromatic hydroxyl groups is 1. The lowest BCUT2D eigenvalue weighted by molar-refractivity contribution is 0.102. The largest absolute Gasteiger partial charge is 0.506 e. The number of amides is 1. The van der Waals surface area contributed by atoms with E-state index in [1.54, 1.807) is 20.8 Å². The fraction of sp³-hybridized carbons (Fsp3) is 0.278. The molecule has 2 rings (SSSR count). The van der Waals surface area contributed by atoms with Crippen molar-refractivity contribution in [2.45, 2.75) is 25.7 Å². The number of carbonyl (C=O) groups is 1. The first kappa shape index (κ1) is 19.9. The molecule has 6 nitrogen and oxygen atoms in total. The van der Waals surface area contributed by atoms with E-state index in [0.717, 1.165) is 6.07 Å². The number of carbonyl (C=O) groups excluding carboxylic acids is 1. The summed E-state index contributed by atoms with van der Waals surface area (Å²) in [7, 11) is -3.74. The molecule has 2 aromatic carbocycles. The van der Waals surface area contributed by atoms with E-state index in [9.17, 15) is 22.7 Å². The molecular formula is C18H21FN2O4S. The quantitative estimate of drug-likeness (QED) is 0.754. The Balaban J connectivity index is 2.35. The summed E-state index contributed by atoms with van der Waals surface area (Å²) in [5.41, 5.74) is 0.394. The minimum absolute atomic E-state index is 0.0515. The normalized spacial score (nSPS) is 11.6. The maximum atomic E-state index is 13.6. The van der Waals surface area contributed by atoms with Crippen molar-refractivity contribution in [3.63, 3.8) is 0 Å². The highest BCUT2D eigenvalue weighted by molar-refractivity contribution is 7.89. The van der Waals surface area contributed by atoms with Crippen molar-refractivity contribution >= 4 is 21.6 Å². The van der Waals surface area contributed by atoms with Crippen molar-refractivity contribution in [1.29, 1.82) is 0 Å². The first-order chi connectivity index (χ1) is 12.2. The van der Waals surface area contributed by atoms with Gasteiger partial charge >= 0.3 is 0 Å². The number of nitrogens with zero attached hydrogens (tertiary/aromatic N) is 1. The highest BCUT2D eigenvalue weighted by Gasteiger charge is 2.23. The van der Waals surface area contributed by atoms with Crippen LogP contribution in [0.1, 0.15) is 29.8 Å². The summed E-state index contributed by atoms with van der Waals surface area (Å²) in [6, 6.07) is 7.64. The van der Waals surface area contributed by atoms with Gasteiger partial charge in [0.1, 0.15) is 11.6 Å². The van der Waals surface area contributed by atoms with E-state index in [1.807, 2.05) is 0 Å². The van der Waals surface area contributed by atoms with E-state index in [2.05, 4.69) is 5.32 Å². The van der Waals surface area contributed by atoms with E-state index in [-0.39, 0.29) is 21.9 Å². The van der Waals surface area contributed by atoms with E-state index < -0.39 is 21.7 Å². The molecule has 8 heteroatoms. The Morgan fingerprint density at radius 3 is 2.38 bits per heavy atom. The number of sulfonamides is 1. The summed E-state index contributed by atoms with van der Waals surface area (Å²) < 4.78 is 40.1. The van der Waals surface area contributed by atoms with Gasteiger partial charge in [-0.3, -0.25) is 4.79 Å². The topological polar surface area (TPSA) is 86.7 Å². The van der Waals surface area contributed by atoms with Crippen molar-refractivity contribution in [1.82, 2.24) is 4.31 Å². The van der Waals surface area contributed by atoms with Gasteiger partial charge in [0.25, 0.3) is 5.91 Å². The Morgan fingerprint density at radius 2 is 1.81 bits per heavy atom. The van der Waals surface area contributed by atoms with Gasteiger partial charge in [-0.2, -0.15) is 4.31 Å². The van der Waals surface area contributed by atoms with Crippen molar-refractivity contribution in [3.05, 3.63) is 53.3 Å². The van der Waals surface area contributed by atoms with Gasteiger partial charge in [-0.15, -0.1) is 0 Å². The average Bonchev–Trinajstić information content (AvgIpc) is 2.59. The van der Waals surface area contributed by atoms with Crippen LogP contribution in [0.25, 0.3) is 0 Å². The molecule has 2 N–H and O–H groups in total. The van der Waals surface area contributed by atoms with E-state index in [1.165, 1.54) is 34.6 Å². The van der Waals surface area contributed by atoms with E-state index >= 15 is 0 Å². The molecule has 2 aromatic rings. The SMILES string of the molecule is CCN(CC)S(=O)(=O)c1ccc(O)c(NC(=O)c2ccc(C)c(F)c2)c1. The number of rotatable bonds is 6. The average molecular weight is 380 g/mol. The Kier molecular flexibility index (Phi) is 5.99. The van der Waals surface area contributed by atoms with Crippen LogP contribution in [0.15, 0.2) is 41.3 Å². The molecule has 0 saturated heterocycles.